The molecular weight excluding hydrogens is 390 g/mol. The summed E-state index contributed by atoms with van der Waals surface area (Å²) in [5.41, 5.74) is 1.77. The predicted molar refractivity (Wildman–Crippen MR) is 107 cm³/mol. The molecule has 0 unspecified atom stereocenters. The zero-order valence-electron chi connectivity index (χ0n) is 16.6. The average molecular weight is 412 g/mol. The molecule has 8 heteroatoms. The number of carbonyl (C=O) groups is 2. The third-order valence-corrected chi connectivity index (χ3v) is 5.26. The SMILES string of the molecule is Cc1nn(CC(=O)N(CC(=O)NCc2cccc(F)c2F)C2CC2)c2ccccc12. The molecule has 2 aromatic carbocycles. The molecule has 0 radical (unpaired) electrons. The number of halogens is 2. The summed E-state index contributed by atoms with van der Waals surface area (Å²) in [5.74, 6) is -2.55. The van der Waals surface area contributed by atoms with Gasteiger partial charge in [-0.1, -0.05) is 30.3 Å². The van der Waals surface area contributed by atoms with Gasteiger partial charge in [0, 0.05) is 23.5 Å². The van der Waals surface area contributed by atoms with Crippen molar-refractivity contribution in [2.24, 2.45) is 0 Å². The molecule has 156 valence electrons. The highest BCUT2D eigenvalue weighted by molar-refractivity contribution is 5.87. The topological polar surface area (TPSA) is 67.2 Å². The molecule has 1 heterocycles. The van der Waals surface area contributed by atoms with Crippen LogP contribution in [0.3, 0.4) is 0 Å². The van der Waals surface area contributed by atoms with Gasteiger partial charge < -0.3 is 10.2 Å². The number of nitrogens with one attached hydrogen (secondary N) is 1. The van der Waals surface area contributed by atoms with Crippen LogP contribution in [0.4, 0.5) is 8.78 Å². The number of aromatic nitrogens is 2. The summed E-state index contributed by atoms with van der Waals surface area (Å²) in [5, 5.41) is 8.01. The van der Waals surface area contributed by atoms with Crippen LogP contribution in [-0.2, 0) is 22.7 Å². The van der Waals surface area contributed by atoms with Crippen molar-refractivity contribution in [2.75, 3.05) is 6.54 Å². The van der Waals surface area contributed by atoms with Crippen molar-refractivity contribution in [3.63, 3.8) is 0 Å². The van der Waals surface area contributed by atoms with Crippen LogP contribution in [-0.4, -0.2) is 39.1 Å². The van der Waals surface area contributed by atoms with E-state index in [0.717, 1.165) is 35.5 Å². The largest absolute Gasteiger partial charge is 0.350 e. The van der Waals surface area contributed by atoms with Crippen molar-refractivity contribution >= 4 is 22.7 Å². The maximum Gasteiger partial charge on any atom is 0.245 e. The Bertz CT molecular complexity index is 1110. The summed E-state index contributed by atoms with van der Waals surface area (Å²) in [6.07, 6.45) is 1.69. The molecule has 0 bridgehead atoms. The van der Waals surface area contributed by atoms with Gasteiger partial charge in [-0.05, 0) is 31.9 Å². The van der Waals surface area contributed by atoms with Gasteiger partial charge in [-0.15, -0.1) is 0 Å². The Morgan fingerprint density at radius 2 is 1.93 bits per heavy atom. The summed E-state index contributed by atoms with van der Waals surface area (Å²) in [4.78, 5) is 26.9. The molecule has 1 fully saturated rings. The highest BCUT2D eigenvalue weighted by atomic mass is 19.2. The Hall–Kier alpha value is -3.29. The first-order valence-corrected chi connectivity index (χ1v) is 9.85. The lowest BCUT2D eigenvalue weighted by atomic mass is 10.2. The Morgan fingerprint density at radius 1 is 1.17 bits per heavy atom. The molecule has 1 aliphatic carbocycles. The number of hydrogen-bond donors (Lipinski definition) is 1. The molecule has 0 aliphatic heterocycles. The molecule has 0 spiro atoms. The van der Waals surface area contributed by atoms with Crippen LogP contribution in [0.5, 0.6) is 0 Å². The van der Waals surface area contributed by atoms with Crippen molar-refractivity contribution in [3.8, 4) is 0 Å². The van der Waals surface area contributed by atoms with Crippen molar-refractivity contribution in [2.45, 2.75) is 38.9 Å². The van der Waals surface area contributed by atoms with Crippen LogP contribution >= 0.6 is 0 Å². The maximum absolute atomic E-state index is 13.8. The second-order valence-corrected chi connectivity index (χ2v) is 7.50. The van der Waals surface area contributed by atoms with E-state index in [1.165, 1.54) is 12.1 Å². The summed E-state index contributed by atoms with van der Waals surface area (Å²) in [7, 11) is 0. The minimum atomic E-state index is -0.978. The van der Waals surface area contributed by atoms with Gasteiger partial charge in [-0.25, -0.2) is 8.78 Å². The Kier molecular flexibility index (Phi) is 5.48. The fraction of sp³-hybridized carbons (Fsp3) is 0.318. The number of hydrogen-bond acceptors (Lipinski definition) is 3. The van der Waals surface area contributed by atoms with E-state index < -0.39 is 17.5 Å². The van der Waals surface area contributed by atoms with Crippen LogP contribution in [0.2, 0.25) is 0 Å². The third-order valence-electron chi connectivity index (χ3n) is 5.26. The molecule has 0 saturated heterocycles. The fourth-order valence-corrected chi connectivity index (χ4v) is 3.53. The number of fused-ring (bicyclic) bond motifs is 1. The van der Waals surface area contributed by atoms with E-state index in [1.807, 2.05) is 31.2 Å². The van der Waals surface area contributed by atoms with Crippen LogP contribution in [0.1, 0.15) is 24.1 Å². The van der Waals surface area contributed by atoms with Crippen molar-refractivity contribution < 1.29 is 18.4 Å². The number of aryl methyl sites for hydroxylation is 1. The standard InChI is InChI=1S/C22H22F2N4O2/c1-14-17-6-2-3-8-19(17)28(26-14)13-21(30)27(16-9-10-16)12-20(29)25-11-15-5-4-7-18(23)22(15)24/h2-8,16H,9-13H2,1H3,(H,25,29). The van der Waals surface area contributed by atoms with E-state index in [-0.39, 0.29) is 37.1 Å². The fourth-order valence-electron chi connectivity index (χ4n) is 3.53. The summed E-state index contributed by atoms with van der Waals surface area (Å²) in [6, 6.07) is 11.5. The lowest BCUT2D eigenvalue weighted by Crippen LogP contribution is -2.43. The predicted octanol–water partition coefficient (Wildman–Crippen LogP) is 2.93. The first kappa shape index (κ1) is 20.0. The number of nitrogens with zero attached hydrogens (tertiary/aromatic N) is 3. The van der Waals surface area contributed by atoms with Gasteiger partial charge in [0.15, 0.2) is 11.6 Å². The molecule has 6 nitrogen and oxygen atoms in total. The van der Waals surface area contributed by atoms with E-state index in [1.54, 1.807) is 9.58 Å². The van der Waals surface area contributed by atoms with Gasteiger partial charge in [0.25, 0.3) is 0 Å². The second kappa shape index (κ2) is 8.22. The van der Waals surface area contributed by atoms with E-state index in [9.17, 15) is 18.4 Å². The number of para-hydroxylation sites is 1. The third kappa shape index (κ3) is 4.17. The van der Waals surface area contributed by atoms with Crippen molar-refractivity contribution in [3.05, 3.63) is 65.4 Å². The Balaban J connectivity index is 1.41. The maximum atomic E-state index is 13.8. The van der Waals surface area contributed by atoms with E-state index in [0.29, 0.717) is 0 Å². The number of carbonyl (C=O) groups excluding carboxylic acids is 2. The van der Waals surface area contributed by atoms with Crippen molar-refractivity contribution in [1.29, 1.82) is 0 Å². The smallest absolute Gasteiger partial charge is 0.245 e. The molecule has 4 rings (SSSR count). The van der Waals surface area contributed by atoms with Crippen LogP contribution in [0, 0.1) is 18.6 Å². The average Bonchev–Trinajstić information content (AvgIpc) is 3.52. The second-order valence-electron chi connectivity index (χ2n) is 7.50. The van der Waals surface area contributed by atoms with Crippen LogP contribution in [0.15, 0.2) is 42.5 Å². The highest BCUT2D eigenvalue weighted by Crippen LogP contribution is 2.27. The van der Waals surface area contributed by atoms with Gasteiger partial charge in [0.2, 0.25) is 11.8 Å². The lowest BCUT2D eigenvalue weighted by molar-refractivity contribution is -0.137. The molecule has 1 N–H and O–H groups in total. The molecule has 0 atom stereocenters. The minimum Gasteiger partial charge on any atom is -0.350 e. The Morgan fingerprint density at radius 3 is 2.70 bits per heavy atom. The Labute approximate surface area is 172 Å². The number of amides is 2. The molecule has 2 amide bonds. The van der Waals surface area contributed by atoms with Gasteiger partial charge in [0.1, 0.15) is 6.54 Å². The molecule has 1 saturated carbocycles. The normalized spacial score (nSPS) is 13.4. The minimum absolute atomic E-state index is 0.0251. The van der Waals surface area contributed by atoms with E-state index in [2.05, 4.69) is 10.4 Å². The lowest BCUT2D eigenvalue weighted by Gasteiger charge is -2.22. The molecule has 3 aromatic rings. The van der Waals surface area contributed by atoms with Crippen LogP contribution in [0.25, 0.3) is 10.9 Å². The zero-order valence-corrected chi connectivity index (χ0v) is 16.6. The summed E-state index contributed by atoms with van der Waals surface area (Å²) >= 11 is 0. The van der Waals surface area contributed by atoms with Gasteiger partial charge in [-0.3, -0.25) is 14.3 Å². The molecule has 30 heavy (non-hydrogen) atoms. The van der Waals surface area contributed by atoms with E-state index in [4.69, 9.17) is 0 Å². The monoisotopic (exact) mass is 412 g/mol. The first-order chi connectivity index (χ1) is 14.4. The van der Waals surface area contributed by atoms with Gasteiger partial charge >= 0.3 is 0 Å². The summed E-state index contributed by atoms with van der Waals surface area (Å²) < 4.78 is 28.7. The van der Waals surface area contributed by atoms with E-state index >= 15 is 0 Å². The van der Waals surface area contributed by atoms with Crippen molar-refractivity contribution in [1.82, 2.24) is 20.0 Å². The quantitative estimate of drug-likeness (QED) is 0.649. The molecule has 1 aromatic heterocycles. The highest BCUT2D eigenvalue weighted by Gasteiger charge is 2.34. The zero-order chi connectivity index (χ0) is 21.3. The number of benzene rings is 2. The molecule has 1 aliphatic rings. The van der Waals surface area contributed by atoms with Gasteiger partial charge in [-0.2, -0.15) is 5.10 Å². The van der Waals surface area contributed by atoms with Crippen LogP contribution < -0.4 is 5.32 Å². The van der Waals surface area contributed by atoms with Gasteiger partial charge in [0.05, 0.1) is 17.8 Å². The number of rotatable bonds is 7. The molecular formula is C22H22F2N4O2. The summed E-state index contributed by atoms with van der Waals surface area (Å²) in [6.45, 7) is 1.66. The first-order valence-electron chi connectivity index (χ1n) is 9.85.